The minimum atomic E-state index is 0.0230. The Morgan fingerprint density at radius 3 is 2.76 bits per heavy atom. The Morgan fingerprint density at radius 1 is 1.41 bits per heavy atom. The number of ketones is 1. The molecule has 0 aliphatic heterocycles. The lowest BCUT2D eigenvalue weighted by Crippen LogP contribution is -2.07. The van der Waals surface area contributed by atoms with Gasteiger partial charge in [0, 0.05) is 17.6 Å². The van der Waals surface area contributed by atoms with E-state index in [0.717, 1.165) is 15.4 Å². The minimum Gasteiger partial charge on any atom is -0.344 e. The maximum atomic E-state index is 12.2. The zero-order valence-electron chi connectivity index (χ0n) is 9.73. The number of nitrogens with zero attached hydrogens (tertiary/aromatic N) is 2. The molecule has 2 aromatic heterocycles. The molecule has 0 unspecified atom stereocenters. The lowest BCUT2D eigenvalue weighted by Gasteiger charge is -2.03. The van der Waals surface area contributed by atoms with Crippen LogP contribution in [0.5, 0.6) is 0 Å². The largest absolute Gasteiger partial charge is 0.344 e. The van der Waals surface area contributed by atoms with E-state index in [1.54, 1.807) is 10.6 Å². The van der Waals surface area contributed by atoms with Gasteiger partial charge in [-0.05, 0) is 31.2 Å². The van der Waals surface area contributed by atoms with Crippen molar-refractivity contribution >= 4 is 17.1 Å². The second-order valence-corrected chi connectivity index (χ2v) is 5.13. The summed E-state index contributed by atoms with van der Waals surface area (Å²) in [6.45, 7) is 1.98. The van der Waals surface area contributed by atoms with Gasteiger partial charge in [-0.1, -0.05) is 0 Å². The number of rotatable bonds is 3. The summed E-state index contributed by atoms with van der Waals surface area (Å²) in [4.78, 5) is 14.1. The second-order valence-electron chi connectivity index (χ2n) is 3.84. The monoisotopic (exact) mass is 244 g/mol. The Hall–Kier alpha value is -1.86. The Labute approximate surface area is 104 Å². The SMILES string of the molecule is Cc1ccc(C(=O)c2ccc(CC#N)n2C)s1. The van der Waals surface area contributed by atoms with E-state index < -0.39 is 0 Å². The molecule has 2 heterocycles. The molecule has 4 heteroatoms. The van der Waals surface area contributed by atoms with Gasteiger partial charge in [0.25, 0.3) is 0 Å². The van der Waals surface area contributed by atoms with E-state index in [0.29, 0.717) is 12.1 Å². The Morgan fingerprint density at radius 2 is 2.18 bits per heavy atom. The van der Waals surface area contributed by atoms with Crippen LogP contribution in [0.3, 0.4) is 0 Å². The van der Waals surface area contributed by atoms with Crippen molar-refractivity contribution in [1.29, 1.82) is 5.26 Å². The average Bonchev–Trinajstić information content (AvgIpc) is 2.87. The highest BCUT2D eigenvalue weighted by Gasteiger charge is 2.15. The van der Waals surface area contributed by atoms with Crippen LogP contribution in [0.2, 0.25) is 0 Å². The van der Waals surface area contributed by atoms with E-state index >= 15 is 0 Å². The van der Waals surface area contributed by atoms with Gasteiger partial charge in [-0.25, -0.2) is 0 Å². The molecule has 0 aromatic carbocycles. The lowest BCUT2D eigenvalue weighted by molar-refractivity contribution is 0.103. The van der Waals surface area contributed by atoms with Crippen LogP contribution in [-0.2, 0) is 13.5 Å². The van der Waals surface area contributed by atoms with Crippen LogP contribution in [0.4, 0.5) is 0 Å². The van der Waals surface area contributed by atoms with Gasteiger partial charge in [-0.3, -0.25) is 4.79 Å². The summed E-state index contributed by atoms with van der Waals surface area (Å²) < 4.78 is 1.79. The highest BCUT2D eigenvalue weighted by molar-refractivity contribution is 7.14. The van der Waals surface area contributed by atoms with Gasteiger partial charge in [0.05, 0.1) is 23.1 Å². The lowest BCUT2D eigenvalue weighted by atomic mass is 10.2. The van der Waals surface area contributed by atoms with Crippen molar-refractivity contribution in [1.82, 2.24) is 4.57 Å². The van der Waals surface area contributed by atoms with Gasteiger partial charge in [0.2, 0.25) is 5.78 Å². The third-order valence-corrected chi connectivity index (χ3v) is 3.68. The van der Waals surface area contributed by atoms with Crippen LogP contribution in [0, 0.1) is 18.3 Å². The maximum Gasteiger partial charge on any atom is 0.219 e. The normalized spacial score (nSPS) is 10.2. The van der Waals surface area contributed by atoms with Crippen molar-refractivity contribution in [2.75, 3.05) is 0 Å². The molecule has 0 atom stereocenters. The standard InChI is InChI=1S/C13H12N2OS/c1-9-3-6-12(17-9)13(16)11-5-4-10(7-8-14)15(11)2/h3-6H,7H2,1-2H3. The number of hydrogen-bond donors (Lipinski definition) is 0. The summed E-state index contributed by atoms with van der Waals surface area (Å²) in [6.07, 6.45) is 0.327. The topological polar surface area (TPSA) is 45.8 Å². The number of aromatic nitrogens is 1. The predicted octanol–water partition coefficient (Wildman–Crippen LogP) is 2.69. The van der Waals surface area contributed by atoms with Crippen molar-refractivity contribution in [3.05, 3.63) is 45.4 Å². The first-order valence-electron chi connectivity index (χ1n) is 5.26. The van der Waals surface area contributed by atoms with E-state index in [2.05, 4.69) is 6.07 Å². The van der Waals surface area contributed by atoms with E-state index in [1.165, 1.54) is 11.3 Å². The summed E-state index contributed by atoms with van der Waals surface area (Å²) in [6, 6.07) is 9.49. The van der Waals surface area contributed by atoms with Crippen molar-refractivity contribution < 1.29 is 4.79 Å². The number of hydrogen-bond acceptors (Lipinski definition) is 3. The van der Waals surface area contributed by atoms with Crippen LogP contribution in [0.15, 0.2) is 24.3 Å². The van der Waals surface area contributed by atoms with Gasteiger partial charge < -0.3 is 4.57 Å². The number of aryl methyl sites for hydroxylation is 1. The first kappa shape index (κ1) is 11.6. The minimum absolute atomic E-state index is 0.0230. The van der Waals surface area contributed by atoms with Gasteiger partial charge in [-0.2, -0.15) is 5.26 Å². The van der Waals surface area contributed by atoms with Crippen molar-refractivity contribution in [3.8, 4) is 6.07 Å². The fourth-order valence-electron chi connectivity index (χ4n) is 1.72. The van der Waals surface area contributed by atoms with Gasteiger partial charge in [-0.15, -0.1) is 11.3 Å². The average molecular weight is 244 g/mol. The number of thiophene rings is 1. The number of nitriles is 1. The summed E-state index contributed by atoms with van der Waals surface area (Å²) >= 11 is 1.49. The Kier molecular flexibility index (Phi) is 3.12. The van der Waals surface area contributed by atoms with Gasteiger partial charge in [0.1, 0.15) is 0 Å². The first-order chi connectivity index (χ1) is 8.13. The fourth-order valence-corrected chi connectivity index (χ4v) is 2.54. The molecule has 0 N–H and O–H groups in total. The third-order valence-electron chi connectivity index (χ3n) is 2.68. The first-order valence-corrected chi connectivity index (χ1v) is 6.08. The second kappa shape index (κ2) is 4.56. The smallest absolute Gasteiger partial charge is 0.219 e. The molecule has 0 amide bonds. The van der Waals surface area contributed by atoms with Crippen molar-refractivity contribution in [3.63, 3.8) is 0 Å². The molecule has 0 aliphatic rings. The molecule has 0 bridgehead atoms. The van der Waals surface area contributed by atoms with E-state index in [9.17, 15) is 4.79 Å². The van der Waals surface area contributed by atoms with Crippen LogP contribution >= 0.6 is 11.3 Å². The molecule has 0 saturated carbocycles. The van der Waals surface area contributed by atoms with Crippen LogP contribution in [0.25, 0.3) is 0 Å². The predicted molar refractivity (Wildman–Crippen MR) is 67.2 cm³/mol. The molecule has 86 valence electrons. The summed E-state index contributed by atoms with van der Waals surface area (Å²) in [5.41, 5.74) is 1.50. The fraction of sp³-hybridized carbons (Fsp3) is 0.231. The molecule has 0 fully saturated rings. The van der Waals surface area contributed by atoms with Crippen molar-refractivity contribution in [2.24, 2.45) is 7.05 Å². The highest BCUT2D eigenvalue weighted by Crippen LogP contribution is 2.20. The summed E-state index contributed by atoms with van der Waals surface area (Å²) in [7, 11) is 1.82. The van der Waals surface area contributed by atoms with Crippen LogP contribution in [0.1, 0.15) is 25.9 Å². The van der Waals surface area contributed by atoms with Crippen molar-refractivity contribution in [2.45, 2.75) is 13.3 Å². The molecule has 0 saturated heterocycles. The zero-order valence-corrected chi connectivity index (χ0v) is 10.5. The molecule has 17 heavy (non-hydrogen) atoms. The maximum absolute atomic E-state index is 12.2. The number of carbonyl (C=O) groups excluding carboxylic acids is 1. The summed E-state index contributed by atoms with van der Waals surface area (Å²) in [5, 5.41) is 8.67. The van der Waals surface area contributed by atoms with Gasteiger partial charge >= 0.3 is 0 Å². The molecule has 0 spiro atoms. The Bertz CT molecular complexity index is 601. The molecule has 0 aliphatic carbocycles. The van der Waals surface area contributed by atoms with Crippen LogP contribution < -0.4 is 0 Å². The Balaban J connectivity index is 2.35. The molecule has 2 aromatic rings. The quantitative estimate of drug-likeness (QED) is 0.779. The molecule has 2 rings (SSSR count). The van der Waals surface area contributed by atoms with Crippen LogP contribution in [-0.4, -0.2) is 10.4 Å². The number of carbonyl (C=O) groups is 1. The highest BCUT2D eigenvalue weighted by atomic mass is 32.1. The molecular weight excluding hydrogens is 232 g/mol. The third kappa shape index (κ3) is 2.15. The van der Waals surface area contributed by atoms with Gasteiger partial charge in [0.15, 0.2) is 0 Å². The van der Waals surface area contributed by atoms with E-state index in [1.807, 2.05) is 32.2 Å². The molecule has 0 radical (unpaired) electrons. The van der Waals surface area contributed by atoms with E-state index in [-0.39, 0.29) is 5.78 Å². The zero-order chi connectivity index (χ0) is 12.4. The molecule has 3 nitrogen and oxygen atoms in total. The summed E-state index contributed by atoms with van der Waals surface area (Å²) in [5.74, 6) is 0.0230. The van der Waals surface area contributed by atoms with E-state index in [4.69, 9.17) is 5.26 Å². The molecular formula is C13H12N2OS.